The molecule has 3 N–H and O–H groups in total. The predicted octanol–water partition coefficient (Wildman–Crippen LogP) is 2.25. The summed E-state index contributed by atoms with van der Waals surface area (Å²) in [6, 6.07) is 0. The van der Waals surface area contributed by atoms with Gasteiger partial charge >= 0.3 is 0 Å². The highest BCUT2D eigenvalue weighted by molar-refractivity contribution is 4.60. The van der Waals surface area contributed by atoms with Gasteiger partial charge in [0.15, 0.2) is 0 Å². The van der Waals surface area contributed by atoms with Crippen LogP contribution in [0.1, 0.15) is 54.4 Å². The van der Waals surface area contributed by atoms with Crippen LogP contribution in [0.4, 0.5) is 0 Å². The first-order chi connectivity index (χ1) is 5.71. The second-order valence-electron chi connectivity index (χ2n) is 6.49. The molecule has 0 aromatic rings. The van der Waals surface area contributed by atoms with Crippen LogP contribution in [0.25, 0.3) is 0 Å². The molecule has 0 amide bonds. The molecule has 0 radical (unpaired) electrons. The normalized spacial score (nSPS) is 12.4. The molecular formula is C12H29NO. The van der Waals surface area contributed by atoms with Crippen LogP contribution in [0.2, 0.25) is 0 Å². The number of nitrogens with two attached hydrogens (primary N) is 1. The molecule has 0 aliphatic heterocycles. The Bertz CT molecular complexity index is 114. The van der Waals surface area contributed by atoms with E-state index in [4.69, 9.17) is 0 Å². The molecule has 0 fully saturated rings. The van der Waals surface area contributed by atoms with Crippen LogP contribution >= 0.6 is 0 Å². The summed E-state index contributed by atoms with van der Waals surface area (Å²) < 4.78 is 0. The molecule has 0 unspecified atom stereocenters. The first kappa shape index (κ1) is 16.4. The molecule has 0 bridgehead atoms. The average Bonchev–Trinajstić information content (AvgIpc) is 1.81. The van der Waals surface area contributed by atoms with Gasteiger partial charge in [0.2, 0.25) is 0 Å². The number of rotatable bonds is 4. The molecule has 2 nitrogen and oxygen atoms in total. The van der Waals surface area contributed by atoms with Crippen LogP contribution in [0.15, 0.2) is 0 Å². The summed E-state index contributed by atoms with van der Waals surface area (Å²) in [5, 5.41) is 2.45. The Labute approximate surface area is 89.8 Å². The van der Waals surface area contributed by atoms with Crippen LogP contribution in [0.3, 0.4) is 0 Å². The molecule has 0 spiro atoms. The Hall–Kier alpha value is -0.0800. The molecule has 14 heavy (non-hydrogen) atoms. The largest absolute Gasteiger partial charge is 0.870 e. The van der Waals surface area contributed by atoms with E-state index < -0.39 is 0 Å². The molecular weight excluding hydrogens is 174 g/mol. The zero-order chi connectivity index (χ0) is 10.5. The van der Waals surface area contributed by atoms with Gasteiger partial charge in [0.05, 0.1) is 13.1 Å². The molecule has 0 aliphatic carbocycles. The third-order valence-corrected chi connectivity index (χ3v) is 2.20. The summed E-state index contributed by atoms with van der Waals surface area (Å²) >= 11 is 0. The number of hydrogen-bond acceptors (Lipinski definition) is 1. The minimum Gasteiger partial charge on any atom is -0.870 e. The second kappa shape index (κ2) is 6.41. The summed E-state index contributed by atoms with van der Waals surface area (Å²) in [6.07, 6.45) is 2.63. The van der Waals surface area contributed by atoms with Crippen molar-refractivity contribution in [1.29, 1.82) is 0 Å². The fourth-order valence-corrected chi connectivity index (χ4v) is 1.21. The van der Waals surface area contributed by atoms with Crippen molar-refractivity contribution in [3.63, 3.8) is 0 Å². The average molecular weight is 203 g/mol. The van der Waals surface area contributed by atoms with E-state index in [2.05, 4.69) is 46.9 Å². The van der Waals surface area contributed by atoms with Gasteiger partial charge in [-0.25, -0.2) is 0 Å². The van der Waals surface area contributed by atoms with Gasteiger partial charge in [-0.3, -0.25) is 0 Å². The Morgan fingerprint density at radius 2 is 1.00 bits per heavy atom. The Morgan fingerprint density at radius 1 is 0.714 bits per heavy atom. The van der Waals surface area contributed by atoms with E-state index in [1.54, 1.807) is 0 Å². The fraction of sp³-hybridized carbons (Fsp3) is 1.00. The Morgan fingerprint density at radius 3 is 1.21 bits per heavy atom. The molecule has 0 saturated heterocycles. The lowest BCUT2D eigenvalue weighted by Gasteiger charge is -2.19. The fourth-order valence-electron chi connectivity index (χ4n) is 1.21. The molecule has 0 aromatic carbocycles. The van der Waals surface area contributed by atoms with Gasteiger partial charge in [0.1, 0.15) is 0 Å². The van der Waals surface area contributed by atoms with Gasteiger partial charge in [-0.2, -0.15) is 0 Å². The lowest BCUT2D eigenvalue weighted by molar-refractivity contribution is -0.657. The van der Waals surface area contributed by atoms with Crippen molar-refractivity contribution in [2.45, 2.75) is 54.4 Å². The van der Waals surface area contributed by atoms with Gasteiger partial charge in [0, 0.05) is 12.8 Å². The van der Waals surface area contributed by atoms with Crippen LogP contribution in [-0.4, -0.2) is 18.6 Å². The molecule has 0 rings (SSSR count). The lowest BCUT2D eigenvalue weighted by Crippen LogP contribution is -2.84. The minimum absolute atomic E-state index is 0. The Balaban J connectivity index is 0. The first-order valence-electron chi connectivity index (χ1n) is 5.52. The van der Waals surface area contributed by atoms with Crippen LogP contribution in [-0.2, 0) is 0 Å². The van der Waals surface area contributed by atoms with Crippen LogP contribution < -0.4 is 5.32 Å². The predicted molar refractivity (Wildman–Crippen MR) is 61.7 cm³/mol. The summed E-state index contributed by atoms with van der Waals surface area (Å²) in [5.74, 6) is 0. The van der Waals surface area contributed by atoms with Crippen molar-refractivity contribution >= 4 is 0 Å². The van der Waals surface area contributed by atoms with E-state index in [-0.39, 0.29) is 5.48 Å². The topological polar surface area (TPSA) is 46.6 Å². The summed E-state index contributed by atoms with van der Waals surface area (Å²) in [4.78, 5) is 0. The van der Waals surface area contributed by atoms with Gasteiger partial charge in [-0.15, -0.1) is 0 Å². The third kappa shape index (κ3) is 14.4. The van der Waals surface area contributed by atoms with E-state index in [1.807, 2.05) is 0 Å². The molecule has 0 aliphatic rings. The zero-order valence-electron chi connectivity index (χ0n) is 10.9. The number of quaternary nitrogens is 1. The van der Waals surface area contributed by atoms with Crippen LogP contribution in [0.5, 0.6) is 0 Å². The molecule has 2 heteroatoms. The first-order valence-corrected chi connectivity index (χ1v) is 5.52. The molecule has 0 heterocycles. The lowest BCUT2D eigenvalue weighted by atomic mass is 9.91. The minimum atomic E-state index is 0. The molecule has 0 aromatic heterocycles. The van der Waals surface area contributed by atoms with Gasteiger partial charge in [-0.1, -0.05) is 41.5 Å². The maximum absolute atomic E-state index is 2.45. The van der Waals surface area contributed by atoms with Crippen molar-refractivity contribution < 1.29 is 10.8 Å². The Kier molecular flexibility index (Phi) is 7.49. The van der Waals surface area contributed by atoms with Crippen molar-refractivity contribution in [3.05, 3.63) is 0 Å². The molecule has 0 saturated carbocycles. The monoisotopic (exact) mass is 203 g/mol. The molecule has 88 valence electrons. The van der Waals surface area contributed by atoms with E-state index >= 15 is 0 Å². The third-order valence-electron chi connectivity index (χ3n) is 2.20. The van der Waals surface area contributed by atoms with Crippen molar-refractivity contribution in [2.24, 2.45) is 10.8 Å². The highest BCUT2D eigenvalue weighted by Crippen LogP contribution is 2.17. The number of hydrogen-bond donors (Lipinski definition) is 1. The quantitative estimate of drug-likeness (QED) is 0.700. The maximum Gasteiger partial charge on any atom is 0.0760 e. The zero-order valence-corrected chi connectivity index (χ0v) is 10.9. The van der Waals surface area contributed by atoms with Gasteiger partial charge in [-0.05, 0) is 10.8 Å². The van der Waals surface area contributed by atoms with E-state index in [0.29, 0.717) is 10.8 Å². The SMILES string of the molecule is CC(C)(C)CC[NH2+]CCC(C)(C)C.[OH-]. The smallest absolute Gasteiger partial charge is 0.0760 e. The maximum atomic E-state index is 2.45. The highest BCUT2D eigenvalue weighted by Gasteiger charge is 2.12. The van der Waals surface area contributed by atoms with Crippen LogP contribution in [0, 0.1) is 10.8 Å². The second-order valence-corrected chi connectivity index (χ2v) is 6.49. The van der Waals surface area contributed by atoms with E-state index in [0.717, 1.165) is 0 Å². The highest BCUT2D eigenvalue weighted by atomic mass is 16.0. The van der Waals surface area contributed by atoms with Crippen molar-refractivity contribution in [2.75, 3.05) is 13.1 Å². The summed E-state index contributed by atoms with van der Waals surface area (Å²) in [5.41, 5.74) is 0.996. The van der Waals surface area contributed by atoms with Crippen molar-refractivity contribution in [3.8, 4) is 0 Å². The standard InChI is InChI=1S/C12H27N.H2O/c1-11(2,3)7-9-13-10-8-12(4,5)6;/h13H,7-10H2,1-6H3;1H2. The summed E-state index contributed by atoms with van der Waals surface area (Å²) in [6.45, 7) is 16.4. The van der Waals surface area contributed by atoms with E-state index in [1.165, 1.54) is 25.9 Å². The van der Waals surface area contributed by atoms with E-state index in [9.17, 15) is 0 Å². The van der Waals surface area contributed by atoms with Crippen molar-refractivity contribution in [1.82, 2.24) is 0 Å². The summed E-state index contributed by atoms with van der Waals surface area (Å²) in [7, 11) is 0. The van der Waals surface area contributed by atoms with Gasteiger partial charge in [0.25, 0.3) is 0 Å². The molecule has 0 atom stereocenters. The van der Waals surface area contributed by atoms with Gasteiger partial charge < -0.3 is 10.8 Å².